The Labute approximate surface area is 91.1 Å². The second kappa shape index (κ2) is 3.31. The van der Waals surface area contributed by atoms with E-state index in [2.05, 4.69) is 25.5 Å². The molecule has 16 heavy (non-hydrogen) atoms. The molecule has 0 aliphatic heterocycles. The quantitative estimate of drug-likeness (QED) is 0.560. The lowest BCUT2D eigenvalue weighted by Crippen LogP contribution is -2.39. The molecule has 0 spiro atoms. The Bertz CT molecular complexity index is 518. The van der Waals surface area contributed by atoms with Crippen LogP contribution < -0.4 is 11.1 Å². The number of aliphatic hydroxyl groups is 1. The first-order valence-corrected chi connectivity index (χ1v) is 5.13. The maximum absolute atomic E-state index is 9.21. The maximum Gasteiger partial charge on any atom is 0.224 e. The summed E-state index contributed by atoms with van der Waals surface area (Å²) in [6, 6.07) is 0.252. The Hall–Kier alpha value is -1.89. The molecule has 3 rings (SSSR count). The lowest BCUT2D eigenvalue weighted by atomic mass is 9.89. The fourth-order valence-corrected chi connectivity index (χ4v) is 1.86. The van der Waals surface area contributed by atoms with Crippen molar-refractivity contribution in [2.75, 3.05) is 11.1 Å². The molecule has 84 valence electrons. The van der Waals surface area contributed by atoms with Crippen molar-refractivity contribution in [2.45, 2.75) is 25.0 Å². The molecule has 7 nitrogen and oxygen atoms in total. The molecule has 0 radical (unpaired) electrons. The Morgan fingerprint density at radius 2 is 2.25 bits per heavy atom. The Kier molecular flexibility index (Phi) is 1.93. The van der Waals surface area contributed by atoms with Crippen LogP contribution in [0.3, 0.4) is 0 Å². The maximum atomic E-state index is 9.21. The van der Waals surface area contributed by atoms with E-state index in [0.29, 0.717) is 11.5 Å². The van der Waals surface area contributed by atoms with Crippen LogP contribution in [0.5, 0.6) is 0 Å². The van der Waals surface area contributed by atoms with Crippen molar-refractivity contribution in [2.24, 2.45) is 0 Å². The molecule has 1 aliphatic rings. The molecule has 2 aromatic rings. The summed E-state index contributed by atoms with van der Waals surface area (Å²) in [7, 11) is 0. The summed E-state index contributed by atoms with van der Waals surface area (Å²) >= 11 is 0. The highest BCUT2D eigenvalue weighted by molar-refractivity contribution is 5.86. The van der Waals surface area contributed by atoms with Gasteiger partial charge in [0.1, 0.15) is 5.82 Å². The number of nitrogens with zero attached hydrogens (tertiary/aromatic N) is 3. The third-order valence-electron chi connectivity index (χ3n) is 2.78. The minimum atomic E-state index is -0.198. The highest BCUT2D eigenvalue weighted by Gasteiger charge is 2.27. The van der Waals surface area contributed by atoms with Gasteiger partial charge in [0.25, 0.3) is 0 Å². The van der Waals surface area contributed by atoms with Crippen molar-refractivity contribution >= 4 is 22.8 Å². The van der Waals surface area contributed by atoms with E-state index < -0.39 is 0 Å². The van der Waals surface area contributed by atoms with Gasteiger partial charge in [-0.25, -0.2) is 0 Å². The first kappa shape index (κ1) is 9.34. The van der Waals surface area contributed by atoms with E-state index in [4.69, 9.17) is 5.73 Å². The van der Waals surface area contributed by atoms with Crippen LogP contribution >= 0.6 is 0 Å². The van der Waals surface area contributed by atoms with Gasteiger partial charge >= 0.3 is 0 Å². The average Bonchev–Trinajstić information content (AvgIpc) is 2.62. The van der Waals surface area contributed by atoms with E-state index in [-0.39, 0.29) is 18.1 Å². The fraction of sp³-hybridized carbons (Fsp3) is 0.444. The number of aliphatic hydroxyl groups excluding tert-OH is 1. The van der Waals surface area contributed by atoms with Gasteiger partial charge in [0.05, 0.1) is 17.7 Å². The molecule has 0 saturated heterocycles. The molecule has 1 fully saturated rings. The smallest absolute Gasteiger partial charge is 0.224 e. The van der Waals surface area contributed by atoms with Crippen LogP contribution in [0.1, 0.15) is 12.8 Å². The van der Waals surface area contributed by atoms with Crippen molar-refractivity contribution in [3.8, 4) is 0 Å². The summed E-state index contributed by atoms with van der Waals surface area (Å²) in [5, 5.41) is 19.9. The Morgan fingerprint density at radius 3 is 3.00 bits per heavy atom. The molecule has 0 unspecified atom stereocenters. The summed E-state index contributed by atoms with van der Waals surface area (Å²) in [4.78, 5) is 8.16. The number of aromatic amines is 1. The SMILES string of the molecule is Nc1nc(NC2CC(O)C2)c2cn[nH]c2n1. The molecule has 2 aromatic heterocycles. The van der Waals surface area contributed by atoms with Gasteiger partial charge in [-0.3, -0.25) is 5.10 Å². The number of aromatic nitrogens is 4. The van der Waals surface area contributed by atoms with Crippen LogP contribution in [0.2, 0.25) is 0 Å². The molecular formula is C9H12N6O. The minimum Gasteiger partial charge on any atom is -0.393 e. The van der Waals surface area contributed by atoms with Crippen LogP contribution in [0.15, 0.2) is 6.20 Å². The van der Waals surface area contributed by atoms with Gasteiger partial charge in [-0.1, -0.05) is 0 Å². The third kappa shape index (κ3) is 1.45. The Balaban J connectivity index is 1.92. The van der Waals surface area contributed by atoms with Crippen LogP contribution in [0.25, 0.3) is 11.0 Å². The highest BCUT2D eigenvalue weighted by atomic mass is 16.3. The zero-order valence-electron chi connectivity index (χ0n) is 8.51. The molecule has 2 heterocycles. The normalized spacial score (nSPS) is 24.3. The van der Waals surface area contributed by atoms with E-state index in [1.165, 1.54) is 0 Å². The zero-order chi connectivity index (χ0) is 11.1. The van der Waals surface area contributed by atoms with Crippen LogP contribution in [0.4, 0.5) is 11.8 Å². The second-order valence-electron chi connectivity index (χ2n) is 4.03. The number of anilines is 2. The average molecular weight is 220 g/mol. The number of nitrogens with one attached hydrogen (secondary N) is 2. The zero-order valence-corrected chi connectivity index (χ0v) is 8.51. The summed E-state index contributed by atoms with van der Waals surface area (Å²) in [5.74, 6) is 0.882. The Morgan fingerprint density at radius 1 is 1.44 bits per heavy atom. The predicted octanol–water partition coefficient (Wildman–Crippen LogP) is -0.130. The lowest BCUT2D eigenvalue weighted by molar-refractivity contribution is 0.0836. The summed E-state index contributed by atoms with van der Waals surface area (Å²) in [6.07, 6.45) is 2.94. The standard InChI is InChI=1S/C9H12N6O/c10-9-13-7(12-4-1-5(16)2-4)6-3-11-15-8(6)14-9/h3-5,16H,1-2H2,(H4,10,11,12,13,14,15). The minimum absolute atomic E-state index is 0.198. The first-order chi connectivity index (χ1) is 7.72. The van der Waals surface area contributed by atoms with E-state index in [1.54, 1.807) is 6.20 Å². The molecule has 0 aromatic carbocycles. The van der Waals surface area contributed by atoms with Gasteiger partial charge in [0.15, 0.2) is 5.65 Å². The fourth-order valence-electron chi connectivity index (χ4n) is 1.86. The number of nitrogen functional groups attached to an aromatic ring is 1. The number of hydrogen-bond donors (Lipinski definition) is 4. The van der Waals surface area contributed by atoms with E-state index in [0.717, 1.165) is 18.2 Å². The van der Waals surface area contributed by atoms with Crippen molar-refractivity contribution < 1.29 is 5.11 Å². The first-order valence-electron chi connectivity index (χ1n) is 5.13. The van der Waals surface area contributed by atoms with Crippen LogP contribution in [-0.2, 0) is 0 Å². The number of fused-ring (bicyclic) bond motifs is 1. The topological polar surface area (TPSA) is 113 Å². The summed E-state index contributed by atoms with van der Waals surface area (Å²) in [5.41, 5.74) is 6.21. The van der Waals surface area contributed by atoms with Crippen LogP contribution in [-0.4, -0.2) is 37.4 Å². The molecular weight excluding hydrogens is 208 g/mol. The third-order valence-corrected chi connectivity index (χ3v) is 2.78. The largest absolute Gasteiger partial charge is 0.393 e. The van der Waals surface area contributed by atoms with Crippen molar-refractivity contribution in [1.29, 1.82) is 0 Å². The molecule has 5 N–H and O–H groups in total. The van der Waals surface area contributed by atoms with Crippen molar-refractivity contribution in [3.63, 3.8) is 0 Å². The molecule has 0 amide bonds. The molecule has 1 aliphatic carbocycles. The van der Waals surface area contributed by atoms with Crippen molar-refractivity contribution in [3.05, 3.63) is 6.20 Å². The molecule has 0 bridgehead atoms. The highest BCUT2D eigenvalue weighted by Crippen LogP contribution is 2.26. The van der Waals surface area contributed by atoms with Crippen LogP contribution in [0, 0.1) is 0 Å². The van der Waals surface area contributed by atoms with E-state index >= 15 is 0 Å². The lowest BCUT2D eigenvalue weighted by Gasteiger charge is -2.32. The van der Waals surface area contributed by atoms with Crippen molar-refractivity contribution in [1.82, 2.24) is 20.2 Å². The van der Waals surface area contributed by atoms with E-state index in [9.17, 15) is 5.11 Å². The van der Waals surface area contributed by atoms with Gasteiger partial charge in [0, 0.05) is 6.04 Å². The second-order valence-corrected chi connectivity index (χ2v) is 4.03. The van der Waals surface area contributed by atoms with Gasteiger partial charge in [-0.2, -0.15) is 15.1 Å². The van der Waals surface area contributed by atoms with Gasteiger partial charge in [-0.15, -0.1) is 0 Å². The predicted molar refractivity (Wildman–Crippen MR) is 58.7 cm³/mol. The van der Waals surface area contributed by atoms with Gasteiger partial charge < -0.3 is 16.2 Å². The molecule has 0 atom stereocenters. The summed E-state index contributed by atoms with van der Waals surface area (Å²) < 4.78 is 0. The summed E-state index contributed by atoms with van der Waals surface area (Å²) in [6.45, 7) is 0. The number of hydrogen-bond acceptors (Lipinski definition) is 6. The van der Waals surface area contributed by atoms with E-state index in [1.807, 2.05) is 0 Å². The molecule has 7 heteroatoms. The molecule has 1 saturated carbocycles. The van der Waals surface area contributed by atoms with Gasteiger partial charge in [0.2, 0.25) is 5.95 Å². The van der Waals surface area contributed by atoms with Gasteiger partial charge in [-0.05, 0) is 12.8 Å². The number of nitrogens with two attached hydrogens (primary N) is 1. The monoisotopic (exact) mass is 220 g/mol. The number of H-pyrrole nitrogens is 1. The number of rotatable bonds is 2.